The highest BCUT2D eigenvalue weighted by atomic mass is 127. The van der Waals surface area contributed by atoms with Crippen LogP contribution in [0.25, 0.3) is 32.8 Å². The van der Waals surface area contributed by atoms with Crippen LogP contribution in [-0.2, 0) is 9.47 Å². The maximum absolute atomic E-state index is 16.9. The summed E-state index contributed by atoms with van der Waals surface area (Å²) >= 11 is 2.05. The van der Waals surface area contributed by atoms with Gasteiger partial charge in [0, 0.05) is 34.7 Å². The molecule has 2 fully saturated rings. The molecule has 2 aliphatic heterocycles. The Kier molecular flexibility index (Phi) is 9.02. The first kappa shape index (κ1) is 33.2. The van der Waals surface area contributed by atoms with Crippen LogP contribution in [0.1, 0.15) is 33.6 Å². The minimum absolute atomic E-state index is 0.0191. The third-order valence-corrected chi connectivity index (χ3v) is 8.89. The van der Waals surface area contributed by atoms with Gasteiger partial charge in [-0.25, -0.2) is 9.18 Å². The number of hydrogen-bond acceptors (Lipinski definition) is 8. The zero-order valence-corrected chi connectivity index (χ0v) is 28.3. The van der Waals surface area contributed by atoms with E-state index in [-0.39, 0.29) is 35.8 Å². The summed E-state index contributed by atoms with van der Waals surface area (Å²) in [6, 6.07) is 11.6. The largest absolute Gasteiger partial charge is 0.468 e. The highest BCUT2D eigenvalue weighted by Crippen LogP contribution is 2.42. The molecule has 6 rings (SSSR count). The number of benzene rings is 3. The minimum atomic E-state index is -4.66. The quantitative estimate of drug-likeness (QED) is 0.108. The van der Waals surface area contributed by atoms with Gasteiger partial charge in [0.25, 0.3) is 0 Å². The van der Waals surface area contributed by atoms with Crippen molar-refractivity contribution in [3.63, 3.8) is 0 Å². The summed E-state index contributed by atoms with van der Waals surface area (Å²) in [5.74, 6) is -0.0538. The Morgan fingerprint density at radius 1 is 1.00 bits per heavy atom. The second-order valence-corrected chi connectivity index (χ2v) is 13.8. The number of carbonyl (C=O) groups is 1. The lowest BCUT2D eigenvalue weighted by atomic mass is 9.96. The number of hydrogen-bond donors (Lipinski definition) is 0. The van der Waals surface area contributed by atoms with Crippen molar-refractivity contribution < 1.29 is 41.3 Å². The molecule has 14 heteroatoms. The van der Waals surface area contributed by atoms with E-state index in [9.17, 15) is 18.0 Å². The molecule has 0 N–H and O–H groups in total. The third-order valence-electron chi connectivity index (χ3n) is 8.04. The molecule has 2 aliphatic rings. The predicted molar refractivity (Wildman–Crippen MR) is 176 cm³/mol. The lowest BCUT2D eigenvalue weighted by Gasteiger charge is -2.42. The number of fused-ring (bicyclic) bond motifs is 4. The molecule has 2 atom stereocenters. The van der Waals surface area contributed by atoms with Crippen molar-refractivity contribution in [1.29, 1.82) is 0 Å². The van der Waals surface area contributed by atoms with Gasteiger partial charge in [-0.15, -0.1) is 0 Å². The highest BCUT2D eigenvalue weighted by Gasteiger charge is 2.45. The zero-order valence-electron chi connectivity index (χ0n) is 26.2. The summed E-state index contributed by atoms with van der Waals surface area (Å²) in [5, 5.41) is 1.85. The van der Waals surface area contributed by atoms with Gasteiger partial charge < -0.3 is 23.8 Å². The van der Waals surface area contributed by atoms with E-state index in [1.807, 2.05) is 57.8 Å². The summed E-state index contributed by atoms with van der Waals surface area (Å²) in [6.07, 6.45) is -3.65. The summed E-state index contributed by atoms with van der Waals surface area (Å²) < 4.78 is 78.5. The molecule has 0 aliphatic carbocycles. The van der Waals surface area contributed by atoms with Crippen molar-refractivity contribution in [2.24, 2.45) is 0 Å². The molecule has 0 spiro atoms. The van der Waals surface area contributed by atoms with Gasteiger partial charge in [-0.05, 0) is 90.7 Å². The smallest absolute Gasteiger partial charge is 0.422 e. The van der Waals surface area contributed by atoms with Crippen molar-refractivity contribution in [3.8, 4) is 22.9 Å². The van der Waals surface area contributed by atoms with Crippen LogP contribution in [0.15, 0.2) is 42.5 Å². The van der Waals surface area contributed by atoms with Crippen LogP contribution in [0.3, 0.4) is 0 Å². The molecule has 0 unspecified atom stereocenters. The Morgan fingerprint density at radius 3 is 2.36 bits per heavy atom. The van der Waals surface area contributed by atoms with Gasteiger partial charge in [-0.3, -0.25) is 4.90 Å². The highest BCUT2D eigenvalue weighted by molar-refractivity contribution is 14.1. The normalized spacial score (nSPS) is 18.2. The molecular formula is C33H33F4IN4O5. The molecule has 250 valence electrons. The fourth-order valence-electron chi connectivity index (χ4n) is 6.25. The van der Waals surface area contributed by atoms with Crippen LogP contribution in [0.4, 0.5) is 28.2 Å². The summed E-state index contributed by atoms with van der Waals surface area (Å²) in [5.41, 5.74) is -0.136. The van der Waals surface area contributed by atoms with Crippen LogP contribution >= 0.6 is 22.6 Å². The number of methoxy groups -OCH3 is 1. The van der Waals surface area contributed by atoms with E-state index in [4.69, 9.17) is 18.9 Å². The number of anilines is 1. The van der Waals surface area contributed by atoms with Crippen LogP contribution in [0.5, 0.6) is 11.8 Å². The Labute approximate surface area is 282 Å². The van der Waals surface area contributed by atoms with Crippen LogP contribution < -0.4 is 14.4 Å². The standard InChI is InChI=1S/C33H33F4IN4O5/c1-32(2,3)47-31(43)42-19-9-10-20(42)15-41(14-19)29-24-13-25(38)26(27(34)28(24)39-30(40-29)45-16-33(35,36)37)23-12-21(46-17-44-4)11-18-7-5-6-8-22(18)23/h5-8,11-13,19-20H,9-10,14-17H2,1-4H3/t19-,20+. The molecule has 3 heterocycles. The van der Waals surface area contributed by atoms with E-state index >= 15 is 4.39 Å². The predicted octanol–water partition coefficient (Wildman–Crippen LogP) is 7.71. The number of halogens is 5. The van der Waals surface area contributed by atoms with E-state index in [0.717, 1.165) is 10.8 Å². The molecule has 2 saturated heterocycles. The number of aromatic nitrogens is 2. The maximum Gasteiger partial charge on any atom is 0.422 e. The molecule has 0 radical (unpaired) electrons. The van der Waals surface area contributed by atoms with Crippen LogP contribution in [-0.4, -0.2) is 78.4 Å². The van der Waals surface area contributed by atoms with Crippen molar-refractivity contribution in [3.05, 3.63) is 51.9 Å². The number of ether oxygens (including phenoxy) is 4. The Bertz CT molecular complexity index is 1820. The molecule has 4 aromatic rings. The van der Waals surface area contributed by atoms with Gasteiger partial charge in [0.15, 0.2) is 19.2 Å². The average Bonchev–Trinajstić information content (AvgIpc) is 3.27. The minimum Gasteiger partial charge on any atom is -0.468 e. The van der Waals surface area contributed by atoms with Crippen LogP contribution in [0.2, 0.25) is 0 Å². The summed E-state index contributed by atoms with van der Waals surface area (Å²) in [7, 11) is 1.49. The Morgan fingerprint density at radius 2 is 1.70 bits per heavy atom. The average molecular weight is 769 g/mol. The first-order valence-electron chi connectivity index (χ1n) is 15.0. The molecule has 1 aromatic heterocycles. The van der Waals surface area contributed by atoms with Gasteiger partial charge >= 0.3 is 18.3 Å². The number of piperazine rings is 1. The van der Waals surface area contributed by atoms with Gasteiger partial charge in [-0.1, -0.05) is 24.3 Å². The number of alkyl halides is 3. The van der Waals surface area contributed by atoms with Crippen molar-refractivity contribution in [2.45, 2.75) is 57.5 Å². The maximum atomic E-state index is 16.9. The number of amides is 1. The topological polar surface area (TPSA) is 86.3 Å². The summed E-state index contributed by atoms with van der Waals surface area (Å²) in [4.78, 5) is 25.2. The fourth-order valence-corrected chi connectivity index (χ4v) is 7.09. The van der Waals surface area contributed by atoms with Crippen molar-refractivity contribution in [1.82, 2.24) is 14.9 Å². The number of nitrogens with zero attached hydrogens (tertiary/aromatic N) is 4. The van der Waals surface area contributed by atoms with E-state index in [1.165, 1.54) is 7.11 Å². The second kappa shape index (κ2) is 12.7. The Balaban J connectivity index is 1.47. The van der Waals surface area contributed by atoms with Crippen molar-refractivity contribution >= 4 is 56.2 Å². The van der Waals surface area contributed by atoms with Crippen molar-refractivity contribution in [2.75, 3.05) is 38.5 Å². The van der Waals surface area contributed by atoms with E-state index < -0.39 is 36.3 Å². The van der Waals surface area contributed by atoms with Gasteiger partial charge in [0.05, 0.1) is 12.1 Å². The van der Waals surface area contributed by atoms with Gasteiger partial charge in [-0.2, -0.15) is 23.1 Å². The molecule has 47 heavy (non-hydrogen) atoms. The SMILES string of the molecule is COCOc1cc(-c2c(I)cc3c(N4C[C@H]5CC[C@@H](C4)N5C(=O)OC(C)(C)C)nc(OCC(F)(F)F)nc3c2F)c2ccccc2c1. The summed E-state index contributed by atoms with van der Waals surface area (Å²) in [6.45, 7) is 4.39. The lowest BCUT2D eigenvalue weighted by Crippen LogP contribution is -2.57. The molecule has 3 aromatic carbocycles. The molecule has 0 saturated carbocycles. The van der Waals surface area contributed by atoms with E-state index in [2.05, 4.69) is 9.97 Å². The third kappa shape index (κ3) is 6.98. The first-order valence-corrected chi connectivity index (χ1v) is 16.1. The molecule has 1 amide bonds. The zero-order chi connectivity index (χ0) is 33.7. The van der Waals surface area contributed by atoms with E-state index in [0.29, 0.717) is 46.2 Å². The number of carbonyl (C=O) groups excluding carboxylic acids is 1. The fraction of sp³-hybridized carbons (Fsp3) is 0.424. The lowest BCUT2D eigenvalue weighted by molar-refractivity contribution is -0.154. The first-order chi connectivity index (χ1) is 22.2. The number of rotatable bonds is 7. The second-order valence-electron chi connectivity index (χ2n) is 12.6. The van der Waals surface area contributed by atoms with Gasteiger partial charge in [0.1, 0.15) is 22.7 Å². The van der Waals surface area contributed by atoms with E-state index in [1.54, 1.807) is 37.8 Å². The van der Waals surface area contributed by atoms with Gasteiger partial charge in [0.2, 0.25) is 0 Å². The molecule has 2 bridgehead atoms. The Hall–Kier alpha value is -3.66. The monoisotopic (exact) mass is 768 g/mol. The molecular weight excluding hydrogens is 735 g/mol. The molecule has 9 nitrogen and oxygen atoms in total. The van der Waals surface area contributed by atoms with Crippen LogP contribution in [0, 0.1) is 9.39 Å².